The molecule has 4 nitrogen and oxygen atoms in total. The van der Waals surface area contributed by atoms with Gasteiger partial charge in [0, 0.05) is 12.7 Å². The third-order valence-electron chi connectivity index (χ3n) is 1.99. The fourth-order valence-electron chi connectivity index (χ4n) is 1.20. The lowest BCUT2D eigenvalue weighted by molar-refractivity contribution is 0.396. The molecule has 5 heteroatoms. The summed E-state index contributed by atoms with van der Waals surface area (Å²) in [5.41, 5.74) is 0. The van der Waals surface area contributed by atoms with Gasteiger partial charge in [-0.1, -0.05) is 0 Å². The molecule has 84 valence electrons. The van der Waals surface area contributed by atoms with Gasteiger partial charge >= 0.3 is 0 Å². The van der Waals surface area contributed by atoms with Crippen LogP contribution in [0.3, 0.4) is 0 Å². The first kappa shape index (κ1) is 12.6. The van der Waals surface area contributed by atoms with Gasteiger partial charge in [-0.2, -0.15) is 0 Å². The molecule has 1 rings (SSSR count). The Morgan fingerprint density at radius 3 is 2.87 bits per heavy atom. The number of aromatic nitrogens is 2. The van der Waals surface area contributed by atoms with Crippen LogP contribution in [0.4, 0.5) is 5.82 Å². The number of nitrogens with zero attached hydrogens (tertiary/aromatic N) is 3. The van der Waals surface area contributed by atoms with Crippen molar-refractivity contribution in [2.24, 2.45) is 0 Å². The van der Waals surface area contributed by atoms with Gasteiger partial charge in [0.15, 0.2) is 0 Å². The predicted molar refractivity (Wildman–Crippen MR) is 71.0 cm³/mol. The fraction of sp³-hybridized carbons (Fsp3) is 0.600. The molecule has 15 heavy (non-hydrogen) atoms. The van der Waals surface area contributed by atoms with E-state index < -0.39 is 0 Å². The van der Waals surface area contributed by atoms with Crippen molar-refractivity contribution in [3.05, 3.63) is 16.1 Å². The topological polar surface area (TPSA) is 41.0 Å². The highest BCUT2D eigenvalue weighted by atomic mass is 127. The quantitative estimate of drug-likeness (QED) is 0.641. The molecule has 0 spiro atoms. The van der Waals surface area contributed by atoms with Crippen LogP contribution in [-0.2, 0) is 0 Å². The summed E-state index contributed by atoms with van der Waals surface area (Å²) in [5, 5.41) is 3.31. The second-order valence-corrected chi connectivity index (χ2v) is 4.82. The molecule has 0 saturated heterocycles. The second-order valence-electron chi connectivity index (χ2n) is 3.66. The van der Waals surface area contributed by atoms with E-state index in [9.17, 15) is 0 Å². The minimum Gasteiger partial charge on any atom is -0.369 e. The zero-order chi connectivity index (χ0) is 11.1. The third-order valence-corrected chi connectivity index (χ3v) is 2.78. The van der Waals surface area contributed by atoms with Crippen LogP contribution in [0.2, 0.25) is 0 Å². The molecule has 0 bridgehead atoms. The van der Waals surface area contributed by atoms with Gasteiger partial charge in [-0.05, 0) is 56.1 Å². The van der Waals surface area contributed by atoms with E-state index >= 15 is 0 Å². The van der Waals surface area contributed by atoms with Crippen molar-refractivity contribution in [2.45, 2.75) is 12.8 Å². The Bertz CT molecular complexity index is 291. The van der Waals surface area contributed by atoms with Gasteiger partial charge in [-0.25, -0.2) is 9.97 Å². The lowest BCUT2D eigenvalue weighted by Gasteiger charge is -2.10. The van der Waals surface area contributed by atoms with Gasteiger partial charge < -0.3 is 10.2 Å². The molecule has 0 radical (unpaired) electrons. The first-order valence-corrected chi connectivity index (χ1v) is 6.12. The summed E-state index contributed by atoms with van der Waals surface area (Å²) in [6.07, 6.45) is 5.76. The number of hydrogen-bond acceptors (Lipinski definition) is 4. The van der Waals surface area contributed by atoms with E-state index in [-0.39, 0.29) is 0 Å². The van der Waals surface area contributed by atoms with Gasteiger partial charge in [0.05, 0.1) is 3.57 Å². The Kier molecular flexibility index (Phi) is 5.85. The van der Waals surface area contributed by atoms with E-state index in [1.54, 1.807) is 6.33 Å². The number of nitrogens with one attached hydrogen (secondary N) is 1. The lowest BCUT2D eigenvalue weighted by atomic mass is 10.3. The molecule has 0 unspecified atom stereocenters. The Labute approximate surface area is 105 Å². The van der Waals surface area contributed by atoms with Gasteiger partial charge in [0.1, 0.15) is 12.1 Å². The van der Waals surface area contributed by atoms with Gasteiger partial charge in [-0.15, -0.1) is 0 Å². The van der Waals surface area contributed by atoms with Crippen LogP contribution >= 0.6 is 22.6 Å². The molecule has 1 aromatic heterocycles. The number of anilines is 1. The maximum atomic E-state index is 4.17. The molecule has 1 aromatic rings. The number of unbranched alkanes of at least 4 members (excludes halogenated alkanes) is 1. The summed E-state index contributed by atoms with van der Waals surface area (Å²) in [7, 11) is 4.20. The molecule has 0 atom stereocenters. The highest BCUT2D eigenvalue weighted by molar-refractivity contribution is 14.1. The van der Waals surface area contributed by atoms with E-state index in [0.29, 0.717) is 0 Å². The molecule has 0 aliphatic rings. The van der Waals surface area contributed by atoms with E-state index in [4.69, 9.17) is 0 Å². The summed E-state index contributed by atoms with van der Waals surface area (Å²) in [6, 6.07) is 0. The smallest absolute Gasteiger partial charge is 0.142 e. The predicted octanol–water partition coefficient (Wildman–Crippen LogP) is 1.83. The molecular formula is C10H17IN4. The number of hydrogen-bond donors (Lipinski definition) is 1. The molecule has 0 aliphatic heterocycles. The monoisotopic (exact) mass is 320 g/mol. The van der Waals surface area contributed by atoms with Crippen molar-refractivity contribution in [1.29, 1.82) is 0 Å². The number of halogens is 1. The minimum atomic E-state index is 0.940. The number of rotatable bonds is 6. The van der Waals surface area contributed by atoms with Gasteiger partial charge in [0.25, 0.3) is 0 Å². The Hall–Kier alpha value is -0.430. The fourth-order valence-corrected chi connectivity index (χ4v) is 1.69. The van der Waals surface area contributed by atoms with E-state index in [0.717, 1.165) is 28.9 Å². The van der Waals surface area contributed by atoms with Crippen molar-refractivity contribution < 1.29 is 0 Å². The summed E-state index contributed by atoms with van der Waals surface area (Å²) in [4.78, 5) is 10.3. The van der Waals surface area contributed by atoms with Crippen LogP contribution in [0.1, 0.15) is 12.8 Å². The zero-order valence-corrected chi connectivity index (χ0v) is 11.4. The Balaban J connectivity index is 2.18. The molecule has 0 fully saturated rings. The molecule has 0 saturated carbocycles. The average molecular weight is 320 g/mol. The zero-order valence-electron chi connectivity index (χ0n) is 9.20. The van der Waals surface area contributed by atoms with Crippen LogP contribution in [0.5, 0.6) is 0 Å². The molecule has 1 heterocycles. The largest absolute Gasteiger partial charge is 0.369 e. The maximum absolute atomic E-state index is 4.17. The van der Waals surface area contributed by atoms with Gasteiger partial charge in [0.2, 0.25) is 0 Å². The van der Waals surface area contributed by atoms with Crippen LogP contribution in [0, 0.1) is 3.57 Å². The summed E-state index contributed by atoms with van der Waals surface area (Å²) < 4.78 is 1.07. The van der Waals surface area contributed by atoms with Crippen molar-refractivity contribution in [1.82, 2.24) is 14.9 Å². The normalized spacial score (nSPS) is 10.7. The average Bonchev–Trinajstić information content (AvgIpc) is 2.20. The second kappa shape index (κ2) is 6.95. The SMILES string of the molecule is CN(C)CCCCNc1ncncc1I. The van der Waals surface area contributed by atoms with Gasteiger partial charge in [-0.3, -0.25) is 0 Å². The highest BCUT2D eigenvalue weighted by Gasteiger charge is 1.98. The molecule has 1 N–H and O–H groups in total. The summed E-state index contributed by atoms with van der Waals surface area (Å²) in [5.74, 6) is 0.940. The van der Waals surface area contributed by atoms with Crippen LogP contribution < -0.4 is 5.32 Å². The molecular weight excluding hydrogens is 303 g/mol. The molecule has 0 amide bonds. The van der Waals surface area contributed by atoms with Crippen LogP contribution in [0.25, 0.3) is 0 Å². The first-order chi connectivity index (χ1) is 7.20. The Morgan fingerprint density at radius 2 is 2.20 bits per heavy atom. The molecule has 0 aromatic carbocycles. The van der Waals surface area contributed by atoms with E-state index in [1.165, 1.54) is 6.42 Å². The molecule has 0 aliphatic carbocycles. The van der Waals surface area contributed by atoms with Crippen molar-refractivity contribution >= 4 is 28.4 Å². The van der Waals surface area contributed by atoms with Crippen molar-refractivity contribution in [2.75, 3.05) is 32.5 Å². The maximum Gasteiger partial charge on any atom is 0.142 e. The van der Waals surface area contributed by atoms with E-state index in [1.807, 2.05) is 6.20 Å². The van der Waals surface area contributed by atoms with Crippen LogP contribution in [-0.4, -0.2) is 42.1 Å². The van der Waals surface area contributed by atoms with Crippen molar-refractivity contribution in [3.8, 4) is 0 Å². The Morgan fingerprint density at radius 1 is 1.40 bits per heavy atom. The lowest BCUT2D eigenvalue weighted by Crippen LogP contribution is -2.14. The van der Waals surface area contributed by atoms with Crippen molar-refractivity contribution in [3.63, 3.8) is 0 Å². The van der Waals surface area contributed by atoms with E-state index in [2.05, 4.69) is 56.9 Å². The summed E-state index contributed by atoms with van der Waals surface area (Å²) in [6.45, 7) is 2.11. The summed E-state index contributed by atoms with van der Waals surface area (Å²) >= 11 is 2.24. The first-order valence-electron chi connectivity index (χ1n) is 5.04. The minimum absolute atomic E-state index is 0.940. The highest BCUT2D eigenvalue weighted by Crippen LogP contribution is 2.12. The standard InChI is InChI=1S/C10H17IN4/c1-15(2)6-4-3-5-13-10-9(11)7-12-8-14-10/h7-8H,3-6H2,1-2H3,(H,12,13,14). The van der Waals surface area contributed by atoms with Crippen LogP contribution in [0.15, 0.2) is 12.5 Å². The third kappa shape index (κ3) is 5.27.